The standard InChI is InChI=1S/C5H4BrOS/c6-5(7)4-2-1-3-8-4/h1-3,5H. The summed E-state index contributed by atoms with van der Waals surface area (Å²) in [7, 11) is 0. The number of hydrogen-bond acceptors (Lipinski definition) is 1. The molecule has 0 aliphatic carbocycles. The molecule has 0 N–H and O–H groups in total. The Kier molecular flexibility index (Phi) is 2.05. The summed E-state index contributed by atoms with van der Waals surface area (Å²) in [6, 6.07) is 3.68. The molecular formula is C5H4BrOS. The predicted molar refractivity (Wildman–Crippen MR) is 36.7 cm³/mol. The number of thiophene rings is 1. The molecular weight excluding hydrogens is 188 g/mol. The third kappa shape index (κ3) is 1.31. The van der Waals surface area contributed by atoms with E-state index in [0.717, 1.165) is 4.88 Å². The fraction of sp³-hybridized carbons (Fsp3) is 0.200. The molecule has 0 saturated carbocycles. The van der Waals surface area contributed by atoms with E-state index >= 15 is 0 Å². The van der Waals surface area contributed by atoms with Crippen molar-refractivity contribution in [2.24, 2.45) is 0 Å². The van der Waals surface area contributed by atoms with E-state index in [-0.39, 0.29) is 0 Å². The molecule has 43 valence electrons. The quantitative estimate of drug-likeness (QED) is 0.609. The largest absolute Gasteiger partial charge is 0.214 e. The maximum atomic E-state index is 10.5. The molecule has 1 unspecified atom stereocenters. The summed E-state index contributed by atoms with van der Waals surface area (Å²) in [6.07, 6.45) is 0. The normalized spacial score (nSPS) is 13.8. The topological polar surface area (TPSA) is 19.9 Å². The molecule has 0 fully saturated rings. The van der Waals surface area contributed by atoms with Gasteiger partial charge in [0.2, 0.25) is 0 Å². The highest BCUT2D eigenvalue weighted by Crippen LogP contribution is 2.23. The smallest absolute Gasteiger partial charge is 0.181 e. The van der Waals surface area contributed by atoms with Crippen molar-refractivity contribution in [2.45, 2.75) is 5.01 Å². The minimum absolute atomic E-state index is 0.734. The van der Waals surface area contributed by atoms with Gasteiger partial charge in [-0.1, -0.05) is 6.07 Å². The van der Waals surface area contributed by atoms with Crippen molar-refractivity contribution in [1.82, 2.24) is 0 Å². The summed E-state index contributed by atoms with van der Waals surface area (Å²) in [6.45, 7) is 0. The molecule has 1 nitrogen and oxygen atoms in total. The van der Waals surface area contributed by atoms with Crippen molar-refractivity contribution in [3.05, 3.63) is 22.4 Å². The molecule has 1 atom stereocenters. The van der Waals surface area contributed by atoms with Crippen molar-refractivity contribution < 1.29 is 5.11 Å². The van der Waals surface area contributed by atoms with E-state index < -0.39 is 5.01 Å². The average molecular weight is 192 g/mol. The Labute approximate surface area is 60.1 Å². The van der Waals surface area contributed by atoms with Gasteiger partial charge in [-0.15, -0.1) is 11.3 Å². The van der Waals surface area contributed by atoms with Crippen LogP contribution in [0.15, 0.2) is 17.5 Å². The lowest BCUT2D eigenvalue weighted by Gasteiger charge is -1.89. The van der Waals surface area contributed by atoms with E-state index in [2.05, 4.69) is 15.9 Å². The highest BCUT2D eigenvalue weighted by Gasteiger charge is 2.02. The van der Waals surface area contributed by atoms with Crippen LogP contribution in [0.25, 0.3) is 0 Å². The van der Waals surface area contributed by atoms with Crippen LogP contribution in [0, 0.1) is 0 Å². The first-order valence-electron chi connectivity index (χ1n) is 2.14. The Balaban J connectivity index is 2.77. The second-order valence-electron chi connectivity index (χ2n) is 1.33. The molecule has 1 aromatic rings. The first-order valence-corrected chi connectivity index (χ1v) is 3.93. The van der Waals surface area contributed by atoms with Crippen molar-refractivity contribution in [3.8, 4) is 0 Å². The van der Waals surface area contributed by atoms with E-state index in [9.17, 15) is 5.11 Å². The van der Waals surface area contributed by atoms with Crippen LogP contribution in [0.4, 0.5) is 0 Å². The molecule has 0 amide bonds. The maximum absolute atomic E-state index is 10.5. The third-order valence-electron chi connectivity index (χ3n) is 0.767. The Hall–Kier alpha value is 0.140. The zero-order valence-corrected chi connectivity index (χ0v) is 6.41. The van der Waals surface area contributed by atoms with Gasteiger partial charge in [-0.25, -0.2) is 5.11 Å². The molecule has 0 bridgehead atoms. The molecule has 0 spiro atoms. The molecule has 0 aromatic carbocycles. The Bertz CT molecular complexity index is 147. The number of alkyl halides is 1. The van der Waals surface area contributed by atoms with Crippen LogP contribution in [-0.2, 0) is 5.11 Å². The maximum Gasteiger partial charge on any atom is 0.181 e. The van der Waals surface area contributed by atoms with Crippen LogP contribution in [0.1, 0.15) is 9.89 Å². The van der Waals surface area contributed by atoms with Gasteiger partial charge in [-0.05, 0) is 27.4 Å². The first kappa shape index (κ1) is 6.26. The van der Waals surface area contributed by atoms with Gasteiger partial charge >= 0.3 is 0 Å². The van der Waals surface area contributed by atoms with Gasteiger partial charge in [0.05, 0.1) is 0 Å². The minimum Gasteiger partial charge on any atom is -0.214 e. The van der Waals surface area contributed by atoms with Gasteiger partial charge in [0, 0.05) is 4.88 Å². The summed E-state index contributed by atoms with van der Waals surface area (Å²) in [5, 5.41) is 11.7. The molecule has 1 radical (unpaired) electrons. The summed E-state index contributed by atoms with van der Waals surface area (Å²) in [4.78, 5) is 0.838. The predicted octanol–water partition coefficient (Wildman–Crippen LogP) is 2.57. The van der Waals surface area contributed by atoms with Gasteiger partial charge in [0.15, 0.2) is 5.01 Å². The van der Waals surface area contributed by atoms with Crippen molar-refractivity contribution >= 4 is 27.3 Å². The second-order valence-corrected chi connectivity index (χ2v) is 3.14. The SMILES string of the molecule is [O]C(Br)c1cccs1. The molecule has 8 heavy (non-hydrogen) atoms. The van der Waals surface area contributed by atoms with E-state index in [4.69, 9.17) is 0 Å². The second kappa shape index (κ2) is 2.62. The number of hydrogen-bond donors (Lipinski definition) is 0. The molecule has 1 heterocycles. The van der Waals surface area contributed by atoms with Crippen LogP contribution < -0.4 is 0 Å². The lowest BCUT2D eigenvalue weighted by Crippen LogP contribution is -1.74. The van der Waals surface area contributed by atoms with Gasteiger partial charge in [-0.2, -0.15) is 0 Å². The first-order chi connectivity index (χ1) is 3.80. The Morgan fingerprint density at radius 2 is 2.50 bits per heavy atom. The van der Waals surface area contributed by atoms with Gasteiger partial charge in [0.25, 0.3) is 0 Å². The number of halogens is 1. The zero-order chi connectivity index (χ0) is 5.98. The van der Waals surface area contributed by atoms with E-state index in [1.165, 1.54) is 11.3 Å². The number of rotatable bonds is 1. The van der Waals surface area contributed by atoms with E-state index in [0.29, 0.717) is 0 Å². The summed E-state index contributed by atoms with van der Waals surface area (Å²) < 4.78 is 0. The molecule has 0 aliphatic heterocycles. The summed E-state index contributed by atoms with van der Waals surface area (Å²) in [5.41, 5.74) is 0. The van der Waals surface area contributed by atoms with Crippen LogP contribution in [0.3, 0.4) is 0 Å². The monoisotopic (exact) mass is 191 g/mol. The lowest BCUT2D eigenvalue weighted by molar-refractivity contribution is 0.176. The van der Waals surface area contributed by atoms with Crippen molar-refractivity contribution in [3.63, 3.8) is 0 Å². The summed E-state index contributed by atoms with van der Waals surface area (Å²) >= 11 is 4.39. The molecule has 0 aliphatic rings. The van der Waals surface area contributed by atoms with E-state index in [1.807, 2.05) is 17.5 Å². The molecule has 0 saturated heterocycles. The van der Waals surface area contributed by atoms with E-state index in [1.54, 1.807) is 0 Å². The van der Waals surface area contributed by atoms with Crippen LogP contribution in [0.5, 0.6) is 0 Å². The summed E-state index contributed by atoms with van der Waals surface area (Å²) in [5.74, 6) is 0. The Morgan fingerprint density at radius 3 is 2.75 bits per heavy atom. The van der Waals surface area contributed by atoms with Gasteiger partial charge in [-0.3, -0.25) is 0 Å². The third-order valence-corrected chi connectivity index (χ3v) is 2.48. The molecule has 3 heteroatoms. The fourth-order valence-corrected chi connectivity index (χ4v) is 1.48. The zero-order valence-electron chi connectivity index (χ0n) is 4.00. The highest BCUT2D eigenvalue weighted by atomic mass is 79.9. The minimum atomic E-state index is -0.734. The molecule has 1 aromatic heterocycles. The van der Waals surface area contributed by atoms with Gasteiger partial charge < -0.3 is 0 Å². The van der Waals surface area contributed by atoms with Crippen LogP contribution in [-0.4, -0.2) is 0 Å². The van der Waals surface area contributed by atoms with Crippen LogP contribution >= 0.6 is 27.3 Å². The van der Waals surface area contributed by atoms with Gasteiger partial charge in [0.1, 0.15) is 0 Å². The Morgan fingerprint density at radius 1 is 1.75 bits per heavy atom. The highest BCUT2D eigenvalue weighted by molar-refractivity contribution is 9.09. The van der Waals surface area contributed by atoms with Crippen molar-refractivity contribution in [2.75, 3.05) is 0 Å². The molecule has 1 rings (SSSR count). The average Bonchev–Trinajstić information content (AvgIpc) is 2.12. The van der Waals surface area contributed by atoms with Crippen LogP contribution in [0.2, 0.25) is 0 Å². The van der Waals surface area contributed by atoms with Crippen molar-refractivity contribution in [1.29, 1.82) is 0 Å². The fourth-order valence-electron chi connectivity index (χ4n) is 0.420. The lowest BCUT2D eigenvalue weighted by atomic mass is 10.5.